The fourth-order valence-electron chi connectivity index (χ4n) is 2.65. The van der Waals surface area contributed by atoms with Crippen molar-refractivity contribution in [3.63, 3.8) is 0 Å². The molecule has 0 aliphatic carbocycles. The predicted octanol–water partition coefficient (Wildman–Crippen LogP) is 1.77. The number of carbonyl (C=O) groups excluding carboxylic acids is 2. The summed E-state index contributed by atoms with van der Waals surface area (Å²) in [7, 11) is 0. The van der Waals surface area contributed by atoms with E-state index in [4.69, 9.17) is 11.6 Å². The molecule has 0 bridgehead atoms. The summed E-state index contributed by atoms with van der Waals surface area (Å²) < 4.78 is 0. The molecule has 0 spiro atoms. The van der Waals surface area contributed by atoms with Crippen molar-refractivity contribution >= 4 is 34.8 Å². The third-order valence-corrected chi connectivity index (χ3v) is 4.06. The third-order valence-electron chi connectivity index (χ3n) is 3.74. The standard InChI is InChI=1S/C14H16ClN3O2/c15-10-6-11-9(5-13(19)17-11)4-12(10)18-14(20)8-2-1-3-16-7-8/h4,6,8,16H,1-3,5,7H2,(H,17,19)(H,18,20)/t8-/m0/s1. The highest BCUT2D eigenvalue weighted by atomic mass is 35.5. The Morgan fingerprint density at radius 1 is 1.40 bits per heavy atom. The fraction of sp³-hybridized carbons (Fsp3) is 0.429. The number of amides is 2. The normalized spacial score (nSPS) is 21.2. The van der Waals surface area contributed by atoms with Crippen molar-refractivity contribution in [3.05, 3.63) is 22.7 Å². The lowest BCUT2D eigenvalue weighted by atomic mass is 9.98. The van der Waals surface area contributed by atoms with Crippen LogP contribution in [0.15, 0.2) is 12.1 Å². The maximum Gasteiger partial charge on any atom is 0.228 e. The molecule has 0 aromatic heterocycles. The van der Waals surface area contributed by atoms with E-state index in [0.717, 1.165) is 30.6 Å². The number of nitrogens with one attached hydrogen (secondary N) is 3. The first-order chi connectivity index (χ1) is 9.63. The second-order valence-electron chi connectivity index (χ2n) is 5.25. The van der Waals surface area contributed by atoms with E-state index in [1.807, 2.05) is 0 Å². The highest BCUT2D eigenvalue weighted by molar-refractivity contribution is 6.34. The van der Waals surface area contributed by atoms with Gasteiger partial charge in [-0.3, -0.25) is 9.59 Å². The third kappa shape index (κ3) is 2.64. The minimum absolute atomic E-state index is 0.0173. The van der Waals surface area contributed by atoms with Crippen LogP contribution in [0.2, 0.25) is 5.02 Å². The summed E-state index contributed by atoms with van der Waals surface area (Å²) in [4.78, 5) is 23.5. The maximum atomic E-state index is 12.2. The summed E-state index contributed by atoms with van der Waals surface area (Å²) in [6.45, 7) is 1.67. The molecule has 6 heteroatoms. The number of carbonyl (C=O) groups is 2. The lowest BCUT2D eigenvalue weighted by Gasteiger charge is -2.22. The Morgan fingerprint density at radius 2 is 2.25 bits per heavy atom. The molecule has 1 atom stereocenters. The molecule has 2 amide bonds. The minimum Gasteiger partial charge on any atom is -0.325 e. The first-order valence-electron chi connectivity index (χ1n) is 6.77. The molecule has 106 valence electrons. The molecule has 3 rings (SSSR count). The van der Waals surface area contributed by atoms with Crippen molar-refractivity contribution in [2.75, 3.05) is 23.7 Å². The molecule has 2 aliphatic heterocycles. The molecule has 20 heavy (non-hydrogen) atoms. The SMILES string of the molecule is O=C1Cc2cc(NC(=O)[C@H]3CCCNC3)c(Cl)cc2N1. The van der Waals surface area contributed by atoms with Gasteiger partial charge < -0.3 is 16.0 Å². The van der Waals surface area contributed by atoms with Crippen LogP contribution in [0.4, 0.5) is 11.4 Å². The molecule has 2 aliphatic rings. The molecule has 1 aromatic rings. The van der Waals surface area contributed by atoms with E-state index in [1.54, 1.807) is 12.1 Å². The van der Waals surface area contributed by atoms with Crippen LogP contribution in [0.3, 0.4) is 0 Å². The summed E-state index contributed by atoms with van der Waals surface area (Å²) >= 11 is 6.16. The number of hydrogen-bond donors (Lipinski definition) is 3. The summed E-state index contributed by atoms with van der Waals surface area (Å²) in [6.07, 6.45) is 2.23. The molecule has 0 saturated carbocycles. The van der Waals surface area contributed by atoms with E-state index in [0.29, 0.717) is 23.7 Å². The Hall–Kier alpha value is -1.59. The quantitative estimate of drug-likeness (QED) is 0.778. The monoisotopic (exact) mass is 293 g/mol. The average Bonchev–Trinajstić information content (AvgIpc) is 2.79. The van der Waals surface area contributed by atoms with Crippen LogP contribution in [-0.4, -0.2) is 24.9 Å². The molecule has 5 nitrogen and oxygen atoms in total. The molecule has 3 N–H and O–H groups in total. The van der Waals surface area contributed by atoms with E-state index in [-0.39, 0.29) is 17.7 Å². The van der Waals surface area contributed by atoms with Gasteiger partial charge >= 0.3 is 0 Å². The van der Waals surface area contributed by atoms with Crippen LogP contribution < -0.4 is 16.0 Å². The number of rotatable bonds is 2. The van der Waals surface area contributed by atoms with E-state index in [9.17, 15) is 9.59 Å². The first kappa shape index (κ1) is 13.4. The molecule has 2 heterocycles. The van der Waals surface area contributed by atoms with Crippen molar-refractivity contribution in [1.29, 1.82) is 0 Å². The summed E-state index contributed by atoms with van der Waals surface area (Å²) in [6, 6.07) is 3.47. The summed E-state index contributed by atoms with van der Waals surface area (Å²) in [5.41, 5.74) is 2.19. The number of anilines is 2. The zero-order valence-corrected chi connectivity index (χ0v) is 11.7. The van der Waals surface area contributed by atoms with Gasteiger partial charge in [-0.05, 0) is 37.1 Å². The molecular formula is C14H16ClN3O2. The number of halogens is 1. The number of benzene rings is 1. The van der Waals surface area contributed by atoms with Crippen molar-refractivity contribution in [2.24, 2.45) is 5.92 Å². The Kier molecular flexibility index (Phi) is 3.63. The lowest BCUT2D eigenvalue weighted by Crippen LogP contribution is -2.37. The van der Waals surface area contributed by atoms with Gasteiger partial charge in [-0.15, -0.1) is 0 Å². The predicted molar refractivity (Wildman–Crippen MR) is 78.0 cm³/mol. The summed E-state index contributed by atoms with van der Waals surface area (Å²) in [5, 5.41) is 9.27. The van der Waals surface area contributed by atoms with Crippen LogP contribution >= 0.6 is 11.6 Å². The number of fused-ring (bicyclic) bond motifs is 1. The van der Waals surface area contributed by atoms with Gasteiger partial charge in [0.1, 0.15) is 0 Å². The van der Waals surface area contributed by atoms with Crippen LogP contribution in [-0.2, 0) is 16.0 Å². The molecular weight excluding hydrogens is 278 g/mol. The van der Waals surface area contributed by atoms with Crippen LogP contribution in [0.5, 0.6) is 0 Å². The van der Waals surface area contributed by atoms with Gasteiger partial charge in [0.05, 0.1) is 23.0 Å². The van der Waals surface area contributed by atoms with Gasteiger partial charge in [0.2, 0.25) is 11.8 Å². The fourth-order valence-corrected chi connectivity index (χ4v) is 2.87. The van der Waals surface area contributed by atoms with Crippen molar-refractivity contribution < 1.29 is 9.59 Å². The van der Waals surface area contributed by atoms with Crippen molar-refractivity contribution in [3.8, 4) is 0 Å². The first-order valence-corrected chi connectivity index (χ1v) is 7.15. The van der Waals surface area contributed by atoms with E-state index < -0.39 is 0 Å². The largest absolute Gasteiger partial charge is 0.325 e. The Morgan fingerprint density at radius 3 is 3.00 bits per heavy atom. The maximum absolute atomic E-state index is 12.2. The van der Waals surface area contributed by atoms with Crippen molar-refractivity contribution in [1.82, 2.24) is 5.32 Å². The van der Waals surface area contributed by atoms with Crippen molar-refractivity contribution in [2.45, 2.75) is 19.3 Å². The zero-order valence-electron chi connectivity index (χ0n) is 11.0. The number of piperidine rings is 1. The molecule has 0 unspecified atom stereocenters. The van der Waals surface area contributed by atoms with Gasteiger partial charge in [0.15, 0.2) is 0 Å². The van der Waals surface area contributed by atoms with Gasteiger partial charge in [0, 0.05) is 12.2 Å². The van der Waals surface area contributed by atoms with Gasteiger partial charge in [0.25, 0.3) is 0 Å². The topological polar surface area (TPSA) is 70.2 Å². The second kappa shape index (κ2) is 5.42. The van der Waals surface area contributed by atoms with Crippen LogP contribution in [0.1, 0.15) is 18.4 Å². The highest BCUT2D eigenvalue weighted by Gasteiger charge is 2.23. The Balaban J connectivity index is 1.76. The van der Waals surface area contributed by atoms with E-state index in [2.05, 4.69) is 16.0 Å². The van der Waals surface area contributed by atoms with Gasteiger partial charge in [-0.2, -0.15) is 0 Å². The smallest absolute Gasteiger partial charge is 0.228 e. The number of hydrogen-bond acceptors (Lipinski definition) is 3. The van der Waals surface area contributed by atoms with Gasteiger partial charge in [-0.25, -0.2) is 0 Å². The lowest BCUT2D eigenvalue weighted by molar-refractivity contribution is -0.120. The van der Waals surface area contributed by atoms with E-state index in [1.165, 1.54) is 0 Å². The Bertz CT molecular complexity index is 568. The van der Waals surface area contributed by atoms with Gasteiger partial charge in [-0.1, -0.05) is 11.6 Å². The molecule has 0 radical (unpaired) electrons. The second-order valence-corrected chi connectivity index (χ2v) is 5.65. The molecule has 1 saturated heterocycles. The zero-order chi connectivity index (χ0) is 14.1. The molecule has 1 aromatic carbocycles. The Labute approximate surface area is 122 Å². The van der Waals surface area contributed by atoms with Crippen LogP contribution in [0.25, 0.3) is 0 Å². The minimum atomic E-state index is -0.0453. The summed E-state index contributed by atoms with van der Waals surface area (Å²) in [5.74, 6) is -0.0832. The average molecular weight is 294 g/mol. The molecule has 1 fully saturated rings. The van der Waals surface area contributed by atoms with E-state index >= 15 is 0 Å². The van der Waals surface area contributed by atoms with Crippen LogP contribution in [0, 0.1) is 5.92 Å². The highest BCUT2D eigenvalue weighted by Crippen LogP contribution is 2.33.